The Morgan fingerprint density at radius 2 is 2.26 bits per heavy atom. The van der Waals surface area contributed by atoms with E-state index in [0.29, 0.717) is 42.0 Å². The molecule has 176 valence electrons. The summed E-state index contributed by atoms with van der Waals surface area (Å²) in [7, 11) is 0. The van der Waals surface area contributed by atoms with E-state index in [2.05, 4.69) is 27.6 Å². The second-order valence-electron chi connectivity index (χ2n) is 8.27. The fourth-order valence-electron chi connectivity index (χ4n) is 3.71. The monoisotopic (exact) mass is 478 g/mol. The van der Waals surface area contributed by atoms with E-state index in [1.807, 2.05) is 31.2 Å². The van der Waals surface area contributed by atoms with Crippen LogP contribution in [-0.4, -0.2) is 52.2 Å². The summed E-state index contributed by atoms with van der Waals surface area (Å²) in [5.41, 5.74) is 3.67. The second kappa shape index (κ2) is 9.40. The molecule has 10 heteroatoms. The first kappa shape index (κ1) is 22.3. The van der Waals surface area contributed by atoms with Crippen molar-refractivity contribution in [3.8, 4) is 10.6 Å². The highest BCUT2D eigenvalue weighted by Crippen LogP contribution is 2.33. The number of rotatable bonds is 9. The average molecular weight is 479 g/mol. The van der Waals surface area contributed by atoms with Crippen LogP contribution in [-0.2, 0) is 9.53 Å². The van der Waals surface area contributed by atoms with Crippen LogP contribution in [0.3, 0.4) is 0 Å². The van der Waals surface area contributed by atoms with Crippen molar-refractivity contribution in [2.75, 3.05) is 25.1 Å². The highest BCUT2D eigenvalue weighted by molar-refractivity contribution is 7.17. The van der Waals surface area contributed by atoms with Crippen LogP contribution in [0.5, 0.6) is 0 Å². The molecule has 0 aromatic carbocycles. The van der Waals surface area contributed by atoms with Crippen molar-refractivity contribution in [1.29, 1.82) is 0 Å². The van der Waals surface area contributed by atoms with Crippen LogP contribution < -0.4 is 16.0 Å². The van der Waals surface area contributed by atoms with Gasteiger partial charge in [0.2, 0.25) is 5.91 Å². The number of ether oxygens (including phenoxy) is 1. The highest BCUT2D eigenvalue weighted by Gasteiger charge is 2.24. The first-order chi connectivity index (χ1) is 16.5. The molecular weight excluding hydrogens is 452 g/mol. The second-order valence-corrected chi connectivity index (χ2v) is 9.35. The standard InChI is InChI=1S/C24H26N6O3S/c1-3-33-9-8-25-24(32)20-7-6-19(34-20)18-12-21(28-17-4-5-17)30-23(29-18)16(13-26-30)10-15-11-22(31)27-14(15)2/h6-7,10,12-13,17,28H,2-5,8-9,11H2,1H3,(H,25,32)(H,27,31)/b15-10+. The molecule has 0 bridgehead atoms. The first-order valence-electron chi connectivity index (χ1n) is 11.3. The Balaban J connectivity index is 1.47. The van der Waals surface area contributed by atoms with Crippen LogP contribution in [0.25, 0.3) is 22.3 Å². The van der Waals surface area contributed by atoms with E-state index in [9.17, 15) is 9.59 Å². The van der Waals surface area contributed by atoms with Crippen molar-refractivity contribution in [2.24, 2.45) is 0 Å². The maximum Gasteiger partial charge on any atom is 0.261 e. The third-order valence-electron chi connectivity index (χ3n) is 5.61. The molecule has 2 amide bonds. The number of anilines is 1. The number of carbonyl (C=O) groups excluding carboxylic acids is 2. The zero-order valence-electron chi connectivity index (χ0n) is 18.9. The van der Waals surface area contributed by atoms with Gasteiger partial charge in [-0.25, -0.2) is 4.98 Å². The predicted octanol–water partition coefficient (Wildman–Crippen LogP) is 3.22. The minimum absolute atomic E-state index is 0.0666. The molecule has 1 aliphatic heterocycles. The summed E-state index contributed by atoms with van der Waals surface area (Å²) in [6.07, 6.45) is 6.19. The smallest absolute Gasteiger partial charge is 0.261 e. The van der Waals surface area contributed by atoms with E-state index in [0.717, 1.165) is 40.4 Å². The van der Waals surface area contributed by atoms with Gasteiger partial charge >= 0.3 is 0 Å². The van der Waals surface area contributed by atoms with Crippen molar-refractivity contribution < 1.29 is 14.3 Å². The van der Waals surface area contributed by atoms with Crippen molar-refractivity contribution >= 4 is 40.7 Å². The van der Waals surface area contributed by atoms with Crippen LogP contribution in [0.1, 0.15) is 41.4 Å². The summed E-state index contributed by atoms with van der Waals surface area (Å²) in [6.45, 7) is 7.43. The van der Waals surface area contributed by atoms with E-state index in [-0.39, 0.29) is 18.2 Å². The van der Waals surface area contributed by atoms with Gasteiger partial charge in [-0.05, 0) is 43.5 Å². The Bertz CT molecular complexity index is 1300. The van der Waals surface area contributed by atoms with Crippen LogP contribution in [0.4, 0.5) is 5.82 Å². The van der Waals surface area contributed by atoms with Gasteiger partial charge in [-0.2, -0.15) is 9.61 Å². The molecule has 0 radical (unpaired) electrons. The van der Waals surface area contributed by atoms with Gasteiger partial charge in [-0.15, -0.1) is 11.3 Å². The molecule has 34 heavy (non-hydrogen) atoms. The van der Waals surface area contributed by atoms with E-state index < -0.39 is 0 Å². The summed E-state index contributed by atoms with van der Waals surface area (Å²) in [5, 5.41) is 13.7. The van der Waals surface area contributed by atoms with Crippen LogP contribution in [0.2, 0.25) is 0 Å². The van der Waals surface area contributed by atoms with Gasteiger partial charge in [0.1, 0.15) is 5.82 Å². The number of thiophene rings is 1. The zero-order valence-corrected chi connectivity index (χ0v) is 19.7. The van der Waals surface area contributed by atoms with Gasteiger partial charge in [0.25, 0.3) is 5.91 Å². The van der Waals surface area contributed by atoms with Crippen LogP contribution in [0.15, 0.2) is 42.2 Å². The molecule has 1 saturated heterocycles. The summed E-state index contributed by atoms with van der Waals surface area (Å²) in [6, 6.07) is 6.13. The lowest BCUT2D eigenvalue weighted by Crippen LogP contribution is -2.26. The van der Waals surface area contributed by atoms with Crippen molar-refractivity contribution in [1.82, 2.24) is 25.2 Å². The van der Waals surface area contributed by atoms with Gasteiger partial charge in [0.05, 0.1) is 34.7 Å². The molecule has 0 atom stereocenters. The number of hydrogen-bond acceptors (Lipinski definition) is 7. The Morgan fingerprint density at radius 3 is 3.00 bits per heavy atom. The molecule has 3 aromatic heterocycles. The Kier molecular flexibility index (Phi) is 6.16. The number of fused-ring (bicyclic) bond motifs is 1. The van der Waals surface area contributed by atoms with E-state index in [4.69, 9.17) is 9.72 Å². The number of carbonyl (C=O) groups is 2. The fraction of sp³-hybridized carbons (Fsp3) is 0.333. The third kappa shape index (κ3) is 4.73. The molecule has 2 fully saturated rings. The van der Waals surface area contributed by atoms with Gasteiger partial charge < -0.3 is 20.7 Å². The van der Waals surface area contributed by atoms with Gasteiger partial charge in [-0.1, -0.05) is 6.58 Å². The maximum atomic E-state index is 12.5. The van der Waals surface area contributed by atoms with E-state index >= 15 is 0 Å². The molecule has 5 rings (SSSR count). The molecule has 0 unspecified atom stereocenters. The van der Waals surface area contributed by atoms with Crippen molar-refractivity contribution in [3.63, 3.8) is 0 Å². The number of nitrogens with zero attached hydrogens (tertiary/aromatic N) is 3. The largest absolute Gasteiger partial charge is 0.380 e. The molecule has 0 spiro atoms. The molecule has 4 heterocycles. The molecule has 9 nitrogen and oxygen atoms in total. The Hall–Kier alpha value is -3.50. The maximum absolute atomic E-state index is 12.5. The lowest BCUT2D eigenvalue weighted by molar-refractivity contribution is -0.118. The molecule has 1 aliphatic carbocycles. The van der Waals surface area contributed by atoms with E-state index in [1.165, 1.54) is 11.3 Å². The number of nitrogens with one attached hydrogen (secondary N) is 3. The third-order valence-corrected chi connectivity index (χ3v) is 6.71. The number of allylic oxidation sites excluding steroid dienone is 1. The number of aromatic nitrogens is 3. The molecule has 2 aliphatic rings. The number of hydrogen-bond donors (Lipinski definition) is 3. The predicted molar refractivity (Wildman–Crippen MR) is 132 cm³/mol. The van der Waals surface area contributed by atoms with Crippen molar-refractivity contribution in [3.05, 3.63) is 52.7 Å². The van der Waals surface area contributed by atoms with Crippen LogP contribution in [0, 0.1) is 0 Å². The molecule has 3 aromatic rings. The lowest BCUT2D eigenvalue weighted by Gasteiger charge is -2.09. The zero-order chi connectivity index (χ0) is 23.7. The minimum Gasteiger partial charge on any atom is -0.380 e. The summed E-state index contributed by atoms with van der Waals surface area (Å²) >= 11 is 1.39. The molecule has 3 N–H and O–H groups in total. The summed E-state index contributed by atoms with van der Waals surface area (Å²) < 4.78 is 7.07. The molecular formula is C24H26N6O3S. The SMILES string of the molecule is C=C1NC(=O)C/C1=C\c1cnn2c(NC3CC3)cc(-c3ccc(C(=O)NCCOCC)s3)nc12. The topological polar surface area (TPSA) is 110 Å². The molecule has 1 saturated carbocycles. The van der Waals surface area contributed by atoms with Gasteiger partial charge in [0, 0.05) is 36.5 Å². The minimum atomic E-state index is -0.125. The first-order valence-corrected chi connectivity index (χ1v) is 12.1. The number of amides is 2. The van der Waals surface area contributed by atoms with Gasteiger partial charge in [0.15, 0.2) is 5.65 Å². The Labute approximate surface area is 200 Å². The fourth-order valence-corrected chi connectivity index (χ4v) is 4.59. The Morgan fingerprint density at radius 1 is 1.41 bits per heavy atom. The lowest BCUT2D eigenvalue weighted by atomic mass is 10.1. The van der Waals surface area contributed by atoms with Crippen LogP contribution >= 0.6 is 11.3 Å². The average Bonchev–Trinajstić information content (AvgIpc) is 3.19. The normalized spacial score (nSPS) is 16.9. The highest BCUT2D eigenvalue weighted by atomic mass is 32.1. The van der Waals surface area contributed by atoms with E-state index in [1.54, 1.807) is 10.7 Å². The van der Waals surface area contributed by atoms with Gasteiger partial charge in [-0.3, -0.25) is 9.59 Å². The summed E-state index contributed by atoms with van der Waals surface area (Å²) in [5.74, 6) is 0.658. The quantitative estimate of drug-likeness (QED) is 0.408. The van der Waals surface area contributed by atoms with Crippen molar-refractivity contribution in [2.45, 2.75) is 32.2 Å². The summed E-state index contributed by atoms with van der Waals surface area (Å²) in [4.78, 5) is 30.6.